The third-order valence-electron chi connectivity index (χ3n) is 8.06. The molecule has 0 amide bonds. The van der Waals surface area contributed by atoms with Gasteiger partial charge in [-0.25, -0.2) is 4.68 Å². The molecule has 3 atom stereocenters. The molecule has 0 radical (unpaired) electrons. The predicted octanol–water partition coefficient (Wildman–Crippen LogP) is 4.65. The van der Waals surface area contributed by atoms with Crippen LogP contribution in [-0.4, -0.2) is 36.8 Å². The monoisotopic (exact) mass is 510 g/mol. The molecular formula is C30H32N5O3-. The van der Waals surface area contributed by atoms with Crippen molar-refractivity contribution in [3.05, 3.63) is 77.9 Å². The standard InChI is InChI=1S/C30H33N5O3/c1-19(20-8-4-3-5-9-20)38-24-13-7-11-22(15-24)21-10-6-12-23(14-21)35-29(27(17-31-35)30(36)37)26-16-25(26)28-18-34(2)33-32-28/h6-7,10-15,17-20,25-26H,3-5,8-9,16H2,1-2H3,(H,36,37)/p-1/t19-,25+,26+/m0/s1. The highest BCUT2D eigenvalue weighted by atomic mass is 16.5. The van der Waals surface area contributed by atoms with Crippen molar-refractivity contribution >= 4 is 5.97 Å². The molecular weight excluding hydrogens is 478 g/mol. The molecule has 2 aliphatic rings. The quantitative estimate of drug-likeness (QED) is 0.342. The lowest BCUT2D eigenvalue weighted by Crippen LogP contribution is -2.25. The van der Waals surface area contributed by atoms with Crippen LogP contribution in [0.1, 0.15) is 79.0 Å². The summed E-state index contributed by atoms with van der Waals surface area (Å²) >= 11 is 0. The Bertz CT molecular complexity index is 1450. The van der Waals surface area contributed by atoms with E-state index in [1.165, 1.54) is 38.3 Å². The van der Waals surface area contributed by atoms with Crippen molar-refractivity contribution in [2.45, 2.75) is 63.4 Å². The van der Waals surface area contributed by atoms with Gasteiger partial charge in [0, 0.05) is 30.6 Å². The Morgan fingerprint density at radius 1 is 1.05 bits per heavy atom. The topological polar surface area (TPSA) is 97.9 Å². The molecule has 0 saturated heterocycles. The first-order chi connectivity index (χ1) is 18.5. The van der Waals surface area contributed by atoms with E-state index < -0.39 is 5.97 Å². The van der Waals surface area contributed by atoms with Gasteiger partial charge in [0.1, 0.15) is 5.75 Å². The molecule has 2 fully saturated rings. The van der Waals surface area contributed by atoms with E-state index >= 15 is 0 Å². The molecule has 0 bridgehead atoms. The molecule has 6 rings (SSSR count). The number of carboxylic acid groups (broad SMARTS) is 1. The number of carbonyl (C=O) groups is 1. The van der Waals surface area contributed by atoms with E-state index in [0.717, 1.165) is 34.7 Å². The Morgan fingerprint density at radius 3 is 2.55 bits per heavy atom. The Labute approximate surface area is 222 Å². The number of benzene rings is 2. The smallest absolute Gasteiger partial charge is 0.120 e. The fraction of sp³-hybridized carbons (Fsp3) is 0.400. The van der Waals surface area contributed by atoms with Crippen molar-refractivity contribution in [1.82, 2.24) is 24.8 Å². The second-order valence-corrected chi connectivity index (χ2v) is 10.7. The van der Waals surface area contributed by atoms with Crippen LogP contribution >= 0.6 is 0 Å². The van der Waals surface area contributed by atoms with Crippen molar-refractivity contribution in [2.24, 2.45) is 13.0 Å². The lowest BCUT2D eigenvalue weighted by atomic mass is 9.86. The summed E-state index contributed by atoms with van der Waals surface area (Å²) in [4.78, 5) is 12.0. The van der Waals surface area contributed by atoms with Gasteiger partial charge in [0.25, 0.3) is 0 Å². The summed E-state index contributed by atoms with van der Waals surface area (Å²) in [6.45, 7) is 2.18. The first-order valence-electron chi connectivity index (χ1n) is 13.5. The van der Waals surface area contributed by atoms with E-state index in [-0.39, 0.29) is 23.5 Å². The largest absolute Gasteiger partial charge is 0.545 e. The van der Waals surface area contributed by atoms with Crippen LogP contribution in [0.5, 0.6) is 5.75 Å². The highest BCUT2D eigenvalue weighted by Gasteiger charge is 2.45. The molecule has 0 N–H and O–H groups in total. The fourth-order valence-corrected chi connectivity index (χ4v) is 5.92. The molecule has 4 aromatic rings. The van der Waals surface area contributed by atoms with Crippen LogP contribution < -0.4 is 9.84 Å². The van der Waals surface area contributed by atoms with Crippen molar-refractivity contribution in [1.29, 1.82) is 0 Å². The number of aromatic nitrogens is 5. The molecule has 0 aliphatic heterocycles. The molecule has 38 heavy (non-hydrogen) atoms. The number of ether oxygens (including phenoxy) is 1. The van der Waals surface area contributed by atoms with E-state index in [9.17, 15) is 9.90 Å². The van der Waals surface area contributed by atoms with Gasteiger partial charge >= 0.3 is 0 Å². The lowest BCUT2D eigenvalue weighted by Gasteiger charge is -2.28. The van der Waals surface area contributed by atoms with Gasteiger partial charge in [0.15, 0.2) is 0 Å². The van der Waals surface area contributed by atoms with Gasteiger partial charge in [0.05, 0.1) is 35.3 Å². The first-order valence-corrected chi connectivity index (χ1v) is 13.5. The minimum Gasteiger partial charge on any atom is -0.545 e. The molecule has 196 valence electrons. The van der Waals surface area contributed by atoms with Gasteiger partial charge in [0.2, 0.25) is 0 Å². The van der Waals surface area contributed by atoms with E-state index in [4.69, 9.17) is 4.74 Å². The number of carbonyl (C=O) groups excluding carboxylic acids is 1. The molecule has 2 saturated carbocycles. The molecule has 0 spiro atoms. The van der Waals surface area contributed by atoms with Crippen LogP contribution in [-0.2, 0) is 7.05 Å². The Morgan fingerprint density at radius 2 is 1.82 bits per heavy atom. The van der Waals surface area contributed by atoms with Gasteiger partial charge < -0.3 is 14.6 Å². The van der Waals surface area contributed by atoms with Gasteiger partial charge in [-0.3, -0.25) is 4.68 Å². The average molecular weight is 511 g/mol. The van der Waals surface area contributed by atoms with Crippen LogP contribution in [0.25, 0.3) is 16.8 Å². The number of aryl methyl sites for hydroxylation is 1. The zero-order valence-corrected chi connectivity index (χ0v) is 21.8. The molecule has 2 aromatic heterocycles. The summed E-state index contributed by atoms with van der Waals surface area (Å²) in [5.74, 6) is 0.364. The normalized spacial score (nSPS) is 20.3. The summed E-state index contributed by atoms with van der Waals surface area (Å²) in [6.07, 6.45) is 10.7. The second-order valence-electron chi connectivity index (χ2n) is 10.7. The summed E-state index contributed by atoms with van der Waals surface area (Å²) in [6, 6.07) is 16.2. The summed E-state index contributed by atoms with van der Waals surface area (Å²) in [5.41, 5.74) is 4.49. The maximum absolute atomic E-state index is 12.0. The predicted molar refractivity (Wildman–Crippen MR) is 141 cm³/mol. The van der Waals surface area contributed by atoms with Crippen molar-refractivity contribution in [3.63, 3.8) is 0 Å². The zero-order chi connectivity index (χ0) is 26.2. The van der Waals surface area contributed by atoms with Crippen LogP contribution in [0.4, 0.5) is 0 Å². The van der Waals surface area contributed by atoms with Gasteiger partial charge in [-0.05, 0) is 67.5 Å². The molecule has 2 aliphatic carbocycles. The highest BCUT2D eigenvalue weighted by Crippen LogP contribution is 2.55. The van der Waals surface area contributed by atoms with E-state index in [1.807, 2.05) is 43.6 Å². The van der Waals surface area contributed by atoms with Crippen LogP contribution in [0.15, 0.2) is 60.9 Å². The Balaban J connectivity index is 1.28. The Kier molecular flexibility index (Phi) is 6.47. The van der Waals surface area contributed by atoms with Crippen LogP contribution in [0.3, 0.4) is 0 Å². The SMILES string of the molecule is C[C@H](Oc1cccc(-c2cccc(-n3ncc(C(=O)[O-])c3[C@@H]3C[C@H]3c3cn(C)nn3)c2)c1)C1CCCCC1. The second kappa shape index (κ2) is 10.1. The number of rotatable bonds is 8. The Hall–Kier alpha value is -3.94. The van der Waals surface area contributed by atoms with Gasteiger partial charge in [-0.1, -0.05) is 48.7 Å². The third kappa shape index (κ3) is 4.83. The fourth-order valence-electron chi connectivity index (χ4n) is 5.92. The van der Waals surface area contributed by atoms with Crippen LogP contribution in [0.2, 0.25) is 0 Å². The van der Waals surface area contributed by atoms with Gasteiger partial charge in [-0.15, -0.1) is 5.10 Å². The highest BCUT2D eigenvalue weighted by molar-refractivity contribution is 5.87. The zero-order valence-electron chi connectivity index (χ0n) is 21.8. The number of carboxylic acids is 1. The lowest BCUT2D eigenvalue weighted by molar-refractivity contribution is -0.255. The maximum atomic E-state index is 12.0. The van der Waals surface area contributed by atoms with Crippen molar-refractivity contribution in [3.8, 4) is 22.6 Å². The molecule has 2 heterocycles. The van der Waals surface area contributed by atoms with Crippen molar-refractivity contribution < 1.29 is 14.6 Å². The summed E-state index contributed by atoms with van der Waals surface area (Å²) in [5, 5.41) is 24.7. The molecule has 8 nitrogen and oxygen atoms in total. The number of hydrogen-bond acceptors (Lipinski definition) is 6. The van der Waals surface area contributed by atoms with E-state index in [0.29, 0.717) is 11.6 Å². The molecule has 0 unspecified atom stereocenters. The third-order valence-corrected chi connectivity index (χ3v) is 8.06. The minimum absolute atomic E-state index is 0.0104. The average Bonchev–Trinajstić information content (AvgIpc) is 3.38. The van der Waals surface area contributed by atoms with Crippen LogP contribution in [0, 0.1) is 5.92 Å². The van der Waals surface area contributed by atoms with Crippen molar-refractivity contribution in [2.75, 3.05) is 0 Å². The maximum Gasteiger partial charge on any atom is 0.120 e. The van der Waals surface area contributed by atoms with E-state index in [2.05, 4.69) is 40.5 Å². The molecule has 8 heteroatoms. The van der Waals surface area contributed by atoms with E-state index in [1.54, 1.807) is 9.36 Å². The number of aromatic carboxylic acids is 1. The first kappa shape index (κ1) is 24.4. The molecule has 2 aromatic carbocycles. The number of nitrogens with zero attached hydrogens (tertiary/aromatic N) is 5. The number of hydrogen-bond donors (Lipinski definition) is 0. The summed E-state index contributed by atoms with van der Waals surface area (Å²) < 4.78 is 9.78. The summed E-state index contributed by atoms with van der Waals surface area (Å²) in [7, 11) is 1.83. The minimum atomic E-state index is -1.22. The van der Waals surface area contributed by atoms with Gasteiger partial charge in [-0.2, -0.15) is 5.10 Å².